The highest BCUT2D eigenvalue weighted by Crippen LogP contribution is 2.17. The Labute approximate surface area is 155 Å². The van der Waals surface area contributed by atoms with Gasteiger partial charge in [0.05, 0.1) is 6.10 Å². The van der Waals surface area contributed by atoms with Gasteiger partial charge in [0.15, 0.2) is 0 Å². The Kier molecular flexibility index (Phi) is 13.3. The fraction of sp³-hybridized carbons (Fsp3) is 0.696. The van der Waals surface area contributed by atoms with Gasteiger partial charge in [-0.1, -0.05) is 102 Å². The average molecular weight is 347 g/mol. The molecule has 0 fully saturated rings. The van der Waals surface area contributed by atoms with Gasteiger partial charge in [-0.3, -0.25) is 4.79 Å². The first-order valence-electron chi connectivity index (χ1n) is 10.4. The summed E-state index contributed by atoms with van der Waals surface area (Å²) >= 11 is 0. The van der Waals surface area contributed by atoms with Crippen LogP contribution in [0.25, 0.3) is 0 Å². The Morgan fingerprint density at radius 3 is 2.00 bits per heavy atom. The van der Waals surface area contributed by atoms with Crippen LogP contribution in [0.4, 0.5) is 0 Å². The zero-order valence-electron chi connectivity index (χ0n) is 16.5. The minimum Gasteiger partial charge on any atom is -0.381 e. The standard InChI is InChI=1S/C23H38O2/c1-3-4-5-6-7-8-9-10-11-12-13-18-23(25-2)19-21-16-14-15-17-22(21)20-24/h14-17,20,23H,3-13,18-19H2,1-2H3. The van der Waals surface area contributed by atoms with Crippen LogP contribution in [0, 0.1) is 0 Å². The Morgan fingerprint density at radius 1 is 0.880 bits per heavy atom. The molecule has 0 aliphatic carbocycles. The fourth-order valence-corrected chi connectivity index (χ4v) is 3.42. The summed E-state index contributed by atoms with van der Waals surface area (Å²) in [6.45, 7) is 2.27. The van der Waals surface area contributed by atoms with E-state index in [4.69, 9.17) is 4.74 Å². The largest absolute Gasteiger partial charge is 0.381 e. The molecule has 1 unspecified atom stereocenters. The Hall–Kier alpha value is -1.15. The van der Waals surface area contributed by atoms with Crippen LogP contribution >= 0.6 is 0 Å². The van der Waals surface area contributed by atoms with Crippen LogP contribution < -0.4 is 0 Å². The van der Waals surface area contributed by atoms with Gasteiger partial charge in [0.25, 0.3) is 0 Å². The van der Waals surface area contributed by atoms with Gasteiger partial charge in [-0.25, -0.2) is 0 Å². The highest BCUT2D eigenvalue weighted by atomic mass is 16.5. The Bertz CT molecular complexity index is 441. The van der Waals surface area contributed by atoms with E-state index in [1.54, 1.807) is 7.11 Å². The predicted molar refractivity (Wildman–Crippen MR) is 107 cm³/mol. The van der Waals surface area contributed by atoms with Crippen molar-refractivity contribution in [3.8, 4) is 0 Å². The van der Waals surface area contributed by atoms with E-state index < -0.39 is 0 Å². The lowest BCUT2D eigenvalue weighted by Crippen LogP contribution is -2.15. The number of carbonyl (C=O) groups is 1. The number of methoxy groups -OCH3 is 1. The lowest BCUT2D eigenvalue weighted by molar-refractivity contribution is 0.0927. The first kappa shape index (κ1) is 21.9. The molecule has 0 saturated heterocycles. The monoisotopic (exact) mass is 346 g/mol. The van der Waals surface area contributed by atoms with Gasteiger partial charge in [-0.05, 0) is 18.4 Å². The third-order valence-electron chi connectivity index (χ3n) is 5.09. The summed E-state index contributed by atoms with van der Waals surface area (Å²) in [4.78, 5) is 11.1. The average Bonchev–Trinajstić information content (AvgIpc) is 2.65. The molecule has 0 bridgehead atoms. The van der Waals surface area contributed by atoms with E-state index >= 15 is 0 Å². The first-order chi connectivity index (χ1) is 12.3. The molecule has 0 radical (unpaired) electrons. The van der Waals surface area contributed by atoms with Crippen molar-refractivity contribution in [2.24, 2.45) is 0 Å². The second kappa shape index (κ2) is 15.1. The van der Waals surface area contributed by atoms with Gasteiger partial charge < -0.3 is 4.74 Å². The predicted octanol–water partition coefficient (Wildman–Crippen LogP) is 6.76. The molecule has 0 amide bonds. The van der Waals surface area contributed by atoms with Crippen LogP contribution in [-0.2, 0) is 11.2 Å². The van der Waals surface area contributed by atoms with Crippen molar-refractivity contribution in [1.29, 1.82) is 0 Å². The maximum Gasteiger partial charge on any atom is 0.150 e. The second-order valence-corrected chi connectivity index (χ2v) is 7.20. The van der Waals surface area contributed by atoms with Crippen molar-refractivity contribution in [3.05, 3.63) is 35.4 Å². The van der Waals surface area contributed by atoms with Gasteiger partial charge in [-0.2, -0.15) is 0 Å². The summed E-state index contributed by atoms with van der Waals surface area (Å²) in [5, 5.41) is 0. The minimum atomic E-state index is 0.222. The quantitative estimate of drug-likeness (QED) is 0.244. The summed E-state index contributed by atoms with van der Waals surface area (Å²) in [7, 11) is 1.78. The molecule has 0 N–H and O–H groups in total. The van der Waals surface area contributed by atoms with Gasteiger partial charge in [0, 0.05) is 12.7 Å². The number of aldehydes is 1. The number of benzene rings is 1. The van der Waals surface area contributed by atoms with Gasteiger partial charge in [0.2, 0.25) is 0 Å². The zero-order valence-corrected chi connectivity index (χ0v) is 16.5. The topological polar surface area (TPSA) is 26.3 Å². The molecular weight excluding hydrogens is 308 g/mol. The summed E-state index contributed by atoms with van der Waals surface area (Å²) < 4.78 is 5.63. The van der Waals surface area contributed by atoms with Crippen LogP contribution in [-0.4, -0.2) is 19.5 Å². The molecule has 0 heterocycles. The molecule has 0 spiro atoms. The smallest absolute Gasteiger partial charge is 0.150 e. The highest BCUT2D eigenvalue weighted by Gasteiger charge is 2.10. The van der Waals surface area contributed by atoms with Crippen LogP contribution in [0.5, 0.6) is 0 Å². The van der Waals surface area contributed by atoms with Crippen molar-refractivity contribution in [2.45, 2.75) is 96.5 Å². The molecule has 2 nitrogen and oxygen atoms in total. The van der Waals surface area contributed by atoms with E-state index in [1.807, 2.05) is 24.3 Å². The SMILES string of the molecule is CCCCCCCCCCCCCC(Cc1ccccc1C=O)OC. The number of ether oxygens (including phenoxy) is 1. The molecule has 0 aliphatic rings. The molecule has 0 aromatic heterocycles. The van der Waals surface area contributed by atoms with Crippen molar-refractivity contribution < 1.29 is 9.53 Å². The van der Waals surface area contributed by atoms with E-state index in [0.717, 1.165) is 30.3 Å². The van der Waals surface area contributed by atoms with Gasteiger partial charge >= 0.3 is 0 Å². The fourth-order valence-electron chi connectivity index (χ4n) is 3.42. The van der Waals surface area contributed by atoms with E-state index in [-0.39, 0.29) is 6.10 Å². The Morgan fingerprint density at radius 2 is 1.44 bits per heavy atom. The van der Waals surface area contributed by atoms with Crippen LogP contribution in [0.3, 0.4) is 0 Å². The number of carbonyl (C=O) groups excluding carboxylic acids is 1. The number of hydrogen-bond acceptors (Lipinski definition) is 2. The van der Waals surface area contributed by atoms with E-state index in [2.05, 4.69) is 6.92 Å². The van der Waals surface area contributed by atoms with Crippen molar-refractivity contribution in [3.63, 3.8) is 0 Å². The minimum absolute atomic E-state index is 0.222. The van der Waals surface area contributed by atoms with E-state index in [0.29, 0.717) is 0 Å². The molecule has 1 aromatic carbocycles. The molecule has 25 heavy (non-hydrogen) atoms. The molecule has 142 valence electrons. The van der Waals surface area contributed by atoms with Crippen molar-refractivity contribution >= 4 is 6.29 Å². The van der Waals surface area contributed by atoms with Gasteiger partial charge in [-0.15, -0.1) is 0 Å². The van der Waals surface area contributed by atoms with Crippen LogP contribution in [0.2, 0.25) is 0 Å². The second-order valence-electron chi connectivity index (χ2n) is 7.20. The molecular formula is C23H38O2. The normalized spacial score (nSPS) is 12.2. The Balaban J connectivity index is 2.06. The van der Waals surface area contributed by atoms with Crippen molar-refractivity contribution in [1.82, 2.24) is 0 Å². The maximum atomic E-state index is 11.1. The third-order valence-corrected chi connectivity index (χ3v) is 5.09. The number of unbranched alkanes of at least 4 members (excludes halogenated alkanes) is 10. The molecule has 0 aliphatic heterocycles. The summed E-state index contributed by atoms with van der Waals surface area (Å²) in [5.41, 5.74) is 1.90. The van der Waals surface area contributed by atoms with Gasteiger partial charge in [0.1, 0.15) is 6.29 Å². The highest BCUT2D eigenvalue weighted by molar-refractivity contribution is 5.77. The summed E-state index contributed by atoms with van der Waals surface area (Å²) in [5.74, 6) is 0. The van der Waals surface area contributed by atoms with E-state index in [1.165, 1.54) is 70.6 Å². The molecule has 2 heteroatoms. The molecule has 1 atom stereocenters. The third kappa shape index (κ3) is 10.4. The summed E-state index contributed by atoms with van der Waals surface area (Å²) in [6.07, 6.45) is 18.1. The summed E-state index contributed by atoms with van der Waals surface area (Å²) in [6, 6.07) is 7.84. The van der Waals surface area contributed by atoms with Crippen LogP contribution in [0.1, 0.15) is 99.9 Å². The number of rotatable bonds is 16. The number of hydrogen-bond donors (Lipinski definition) is 0. The molecule has 1 rings (SSSR count). The lowest BCUT2D eigenvalue weighted by Gasteiger charge is -2.16. The maximum absolute atomic E-state index is 11.1. The molecule has 0 saturated carbocycles. The molecule has 1 aromatic rings. The lowest BCUT2D eigenvalue weighted by atomic mass is 9.98. The first-order valence-corrected chi connectivity index (χ1v) is 10.4. The van der Waals surface area contributed by atoms with Crippen LogP contribution in [0.15, 0.2) is 24.3 Å². The van der Waals surface area contributed by atoms with E-state index in [9.17, 15) is 4.79 Å². The zero-order chi connectivity index (χ0) is 18.2. The van der Waals surface area contributed by atoms with Crippen molar-refractivity contribution in [2.75, 3.05) is 7.11 Å².